The van der Waals surface area contributed by atoms with Crippen molar-refractivity contribution in [2.75, 3.05) is 20.2 Å². The molecular formula is C21H24F3IN6O2. The molecule has 3 rings (SSSR count). The molecule has 12 heteroatoms. The Morgan fingerprint density at radius 1 is 1.09 bits per heavy atom. The molecule has 0 unspecified atom stereocenters. The minimum absolute atomic E-state index is 0. The van der Waals surface area contributed by atoms with E-state index in [-0.39, 0.29) is 30.6 Å². The summed E-state index contributed by atoms with van der Waals surface area (Å²) in [6, 6.07) is 12.6. The van der Waals surface area contributed by atoms with Crippen LogP contribution in [-0.4, -0.2) is 47.5 Å². The Bertz CT molecular complexity index is 997. The third-order valence-corrected chi connectivity index (χ3v) is 4.23. The predicted molar refractivity (Wildman–Crippen MR) is 127 cm³/mol. The zero-order valence-electron chi connectivity index (χ0n) is 17.8. The first-order valence-corrected chi connectivity index (χ1v) is 9.84. The summed E-state index contributed by atoms with van der Waals surface area (Å²) in [5.41, 5.74) is 2.24. The maximum Gasteiger partial charge on any atom is 0.411 e. The Kier molecular flexibility index (Phi) is 10.5. The molecule has 0 aliphatic rings. The fourth-order valence-electron chi connectivity index (χ4n) is 2.69. The molecule has 2 aromatic heterocycles. The highest BCUT2D eigenvalue weighted by Crippen LogP contribution is 2.16. The summed E-state index contributed by atoms with van der Waals surface area (Å²) >= 11 is 0. The number of hydrogen-bond donors (Lipinski definition) is 2. The van der Waals surface area contributed by atoms with E-state index in [0.29, 0.717) is 48.4 Å². The molecule has 3 aromatic rings. The van der Waals surface area contributed by atoms with E-state index in [4.69, 9.17) is 4.52 Å². The van der Waals surface area contributed by atoms with Crippen molar-refractivity contribution >= 4 is 29.9 Å². The molecule has 0 radical (unpaired) electrons. The van der Waals surface area contributed by atoms with E-state index in [1.54, 1.807) is 31.4 Å². The van der Waals surface area contributed by atoms with Crippen molar-refractivity contribution in [3.05, 3.63) is 65.6 Å². The largest absolute Gasteiger partial charge is 0.411 e. The standard InChI is InChI=1S/C21H23F3N6O2.HI/c1-25-20(27-11-9-18-29-19(32-30-18)17-4-2-3-10-26-17)28-12-15-5-7-16(8-6-15)13-31-14-21(22,23)24;/h2-8,10H,9,11-14H2,1H3,(H2,25,27,28);1H. The van der Waals surface area contributed by atoms with Gasteiger partial charge in [0.1, 0.15) is 12.3 Å². The van der Waals surface area contributed by atoms with Gasteiger partial charge in [-0.15, -0.1) is 24.0 Å². The molecular weight excluding hydrogens is 552 g/mol. The van der Waals surface area contributed by atoms with Crippen molar-refractivity contribution in [2.24, 2.45) is 4.99 Å². The molecule has 2 heterocycles. The lowest BCUT2D eigenvalue weighted by Crippen LogP contribution is -2.37. The summed E-state index contributed by atoms with van der Waals surface area (Å²) in [6.45, 7) is -0.313. The second kappa shape index (κ2) is 13.1. The first kappa shape index (κ1) is 26.5. The third-order valence-electron chi connectivity index (χ3n) is 4.23. The highest BCUT2D eigenvalue weighted by Gasteiger charge is 2.27. The van der Waals surface area contributed by atoms with Gasteiger partial charge in [0.15, 0.2) is 11.8 Å². The number of pyridine rings is 1. The van der Waals surface area contributed by atoms with Crippen LogP contribution in [0, 0.1) is 0 Å². The van der Waals surface area contributed by atoms with Crippen LogP contribution in [0.15, 0.2) is 58.2 Å². The fraction of sp³-hybridized carbons (Fsp3) is 0.333. The Balaban J connectivity index is 0.00000385. The van der Waals surface area contributed by atoms with Crippen molar-refractivity contribution in [1.82, 2.24) is 25.8 Å². The minimum atomic E-state index is -4.32. The van der Waals surface area contributed by atoms with E-state index in [0.717, 1.165) is 5.56 Å². The summed E-state index contributed by atoms with van der Waals surface area (Å²) in [5.74, 6) is 1.52. The number of aliphatic imine (C=N–C) groups is 1. The lowest BCUT2D eigenvalue weighted by atomic mass is 10.1. The zero-order valence-corrected chi connectivity index (χ0v) is 20.1. The molecule has 8 nitrogen and oxygen atoms in total. The van der Waals surface area contributed by atoms with Gasteiger partial charge in [-0.25, -0.2) is 0 Å². The Labute approximate surface area is 206 Å². The molecule has 0 bridgehead atoms. The van der Waals surface area contributed by atoms with E-state index in [1.165, 1.54) is 0 Å². The van der Waals surface area contributed by atoms with Crippen LogP contribution in [0.1, 0.15) is 17.0 Å². The molecule has 2 N–H and O–H groups in total. The first-order valence-electron chi connectivity index (χ1n) is 9.84. The number of rotatable bonds is 9. The topological polar surface area (TPSA) is 97.5 Å². The van der Waals surface area contributed by atoms with Gasteiger partial charge >= 0.3 is 6.18 Å². The molecule has 0 spiro atoms. The SMILES string of the molecule is CN=C(NCCc1noc(-c2ccccn2)n1)NCc1ccc(COCC(F)(F)F)cc1.I. The van der Waals surface area contributed by atoms with Gasteiger partial charge in [0.25, 0.3) is 5.89 Å². The average Bonchev–Trinajstić information content (AvgIpc) is 3.26. The maximum atomic E-state index is 12.1. The molecule has 0 fully saturated rings. The summed E-state index contributed by atoms with van der Waals surface area (Å²) in [7, 11) is 1.66. The lowest BCUT2D eigenvalue weighted by molar-refractivity contribution is -0.176. The van der Waals surface area contributed by atoms with Crippen LogP contribution in [0.4, 0.5) is 13.2 Å². The van der Waals surface area contributed by atoms with Gasteiger partial charge in [-0.1, -0.05) is 35.5 Å². The number of nitrogens with one attached hydrogen (secondary N) is 2. The van der Waals surface area contributed by atoms with E-state index in [2.05, 4.69) is 35.5 Å². The summed E-state index contributed by atoms with van der Waals surface area (Å²) < 4.78 is 46.3. The molecule has 0 saturated heterocycles. The number of alkyl halides is 3. The normalized spacial score (nSPS) is 11.7. The number of guanidine groups is 1. The lowest BCUT2D eigenvalue weighted by Gasteiger charge is -2.12. The van der Waals surface area contributed by atoms with Crippen LogP contribution in [-0.2, 0) is 24.3 Å². The smallest absolute Gasteiger partial charge is 0.367 e. The van der Waals surface area contributed by atoms with Gasteiger partial charge in [-0.05, 0) is 23.3 Å². The fourth-order valence-corrected chi connectivity index (χ4v) is 2.69. The van der Waals surface area contributed by atoms with Crippen molar-refractivity contribution in [3.8, 4) is 11.6 Å². The molecule has 1 aromatic carbocycles. The van der Waals surface area contributed by atoms with Crippen molar-refractivity contribution in [1.29, 1.82) is 0 Å². The van der Waals surface area contributed by atoms with Crippen LogP contribution in [0.5, 0.6) is 0 Å². The number of hydrogen-bond acceptors (Lipinski definition) is 6. The number of nitrogens with zero attached hydrogens (tertiary/aromatic N) is 4. The van der Waals surface area contributed by atoms with Crippen molar-refractivity contribution in [3.63, 3.8) is 0 Å². The van der Waals surface area contributed by atoms with E-state index in [9.17, 15) is 13.2 Å². The molecule has 0 amide bonds. The summed E-state index contributed by atoms with van der Waals surface area (Å²) in [4.78, 5) is 12.7. The Morgan fingerprint density at radius 2 is 1.85 bits per heavy atom. The predicted octanol–water partition coefficient (Wildman–Crippen LogP) is 3.74. The number of aromatic nitrogens is 3. The van der Waals surface area contributed by atoms with Gasteiger partial charge in [0.2, 0.25) is 0 Å². The summed E-state index contributed by atoms with van der Waals surface area (Å²) in [6.07, 6.45) is -2.13. The van der Waals surface area contributed by atoms with Gasteiger partial charge in [0, 0.05) is 32.8 Å². The van der Waals surface area contributed by atoms with Crippen LogP contribution in [0.3, 0.4) is 0 Å². The highest BCUT2D eigenvalue weighted by atomic mass is 127. The monoisotopic (exact) mass is 576 g/mol. The quantitative estimate of drug-likeness (QED) is 0.228. The number of halogens is 4. The second-order valence-electron chi connectivity index (χ2n) is 6.76. The van der Waals surface area contributed by atoms with Crippen LogP contribution in [0.2, 0.25) is 0 Å². The summed E-state index contributed by atoms with van der Waals surface area (Å²) in [5, 5.41) is 10.3. The average molecular weight is 576 g/mol. The molecule has 0 aliphatic carbocycles. The number of ether oxygens (including phenoxy) is 1. The minimum Gasteiger partial charge on any atom is -0.367 e. The van der Waals surface area contributed by atoms with E-state index >= 15 is 0 Å². The molecule has 0 aliphatic heterocycles. The molecule has 0 saturated carbocycles. The third kappa shape index (κ3) is 9.34. The Hall–Kier alpha value is -2.74. The van der Waals surface area contributed by atoms with E-state index in [1.807, 2.05) is 24.3 Å². The highest BCUT2D eigenvalue weighted by molar-refractivity contribution is 14.0. The van der Waals surface area contributed by atoms with Gasteiger partial charge in [-0.3, -0.25) is 9.98 Å². The van der Waals surface area contributed by atoms with Gasteiger partial charge < -0.3 is 19.9 Å². The Morgan fingerprint density at radius 3 is 2.52 bits per heavy atom. The van der Waals surface area contributed by atoms with E-state index < -0.39 is 12.8 Å². The van der Waals surface area contributed by atoms with Gasteiger partial charge in [-0.2, -0.15) is 18.2 Å². The van der Waals surface area contributed by atoms with Crippen LogP contribution >= 0.6 is 24.0 Å². The van der Waals surface area contributed by atoms with Crippen molar-refractivity contribution < 1.29 is 22.4 Å². The zero-order chi connectivity index (χ0) is 22.8. The first-order chi connectivity index (χ1) is 15.4. The van der Waals surface area contributed by atoms with Crippen LogP contribution in [0.25, 0.3) is 11.6 Å². The maximum absolute atomic E-state index is 12.1. The van der Waals surface area contributed by atoms with Crippen LogP contribution < -0.4 is 10.6 Å². The van der Waals surface area contributed by atoms with Crippen molar-refractivity contribution in [2.45, 2.75) is 25.7 Å². The second-order valence-corrected chi connectivity index (χ2v) is 6.76. The van der Waals surface area contributed by atoms with Gasteiger partial charge in [0.05, 0.1) is 6.61 Å². The number of benzene rings is 1. The molecule has 0 atom stereocenters. The molecule has 33 heavy (non-hydrogen) atoms. The molecule has 178 valence electrons.